The first-order chi connectivity index (χ1) is 7.02. The summed E-state index contributed by atoms with van der Waals surface area (Å²) in [6.45, 7) is 4.50. The molecule has 0 saturated heterocycles. The molecule has 0 aliphatic heterocycles. The highest BCUT2D eigenvalue weighted by molar-refractivity contribution is 5.23. The number of benzene rings is 1. The van der Waals surface area contributed by atoms with E-state index >= 15 is 0 Å². The van der Waals surface area contributed by atoms with Gasteiger partial charge in [0.15, 0.2) is 0 Å². The molecule has 0 amide bonds. The van der Waals surface area contributed by atoms with E-state index < -0.39 is 5.60 Å². The van der Waals surface area contributed by atoms with Crippen LogP contribution in [0.1, 0.15) is 45.1 Å². The van der Waals surface area contributed by atoms with Gasteiger partial charge >= 0.3 is 0 Å². The van der Waals surface area contributed by atoms with Crippen molar-refractivity contribution in [1.82, 2.24) is 0 Å². The lowest BCUT2D eigenvalue weighted by Gasteiger charge is -2.41. The molecule has 1 heteroatoms. The Kier molecular flexibility index (Phi) is 2.59. The average Bonchev–Trinajstić information content (AvgIpc) is 2.17. The smallest absolute Gasteiger partial charge is 0.0901 e. The minimum atomic E-state index is -0.594. The summed E-state index contributed by atoms with van der Waals surface area (Å²) < 4.78 is 0. The monoisotopic (exact) mass is 204 g/mol. The lowest BCUT2D eigenvalue weighted by Crippen LogP contribution is -2.36. The molecule has 0 spiro atoms. The minimum Gasteiger partial charge on any atom is -0.385 e. The van der Waals surface area contributed by atoms with E-state index in [0.717, 1.165) is 24.8 Å². The molecule has 0 heterocycles. The van der Waals surface area contributed by atoms with E-state index in [0.29, 0.717) is 0 Å². The van der Waals surface area contributed by atoms with Gasteiger partial charge in [0.25, 0.3) is 0 Å². The SMILES string of the molecule is CC1(C)CCCC(O)(c2ccccc2)C1. The third kappa shape index (κ3) is 2.23. The Morgan fingerprint density at radius 2 is 1.73 bits per heavy atom. The molecule has 15 heavy (non-hydrogen) atoms. The minimum absolute atomic E-state index is 0.267. The zero-order chi connectivity index (χ0) is 10.9. The summed E-state index contributed by atoms with van der Waals surface area (Å²) in [6, 6.07) is 10.1. The van der Waals surface area contributed by atoms with E-state index in [4.69, 9.17) is 0 Å². The summed E-state index contributed by atoms with van der Waals surface area (Å²) in [7, 11) is 0. The Balaban J connectivity index is 2.27. The normalized spacial score (nSPS) is 30.1. The van der Waals surface area contributed by atoms with E-state index in [1.165, 1.54) is 6.42 Å². The number of rotatable bonds is 1. The van der Waals surface area contributed by atoms with Gasteiger partial charge in [-0.25, -0.2) is 0 Å². The van der Waals surface area contributed by atoms with Crippen LogP contribution in [0.25, 0.3) is 0 Å². The maximum absolute atomic E-state index is 10.7. The fourth-order valence-electron chi connectivity index (χ4n) is 2.82. The first kappa shape index (κ1) is 10.7. The zero-order valence-corrected chi connectivity index (χ0v) is 9.66. The largest absolute Gasteiger partial charge is 0.385 e. The fraction of sp³-hybridized carbons (Fsp3) is 0.571. The standard InChI is InChI=1S/C14H20O/c1-13(2)9-6-10-14(15,11-13)12-7-4-3-5-8-12/h3-5,7-8,15H,6,9-11H2,1-2H3. The number of hydrogen-bond donors (Lipinski definition) is 1. The highest BCUT2D eigenvalue weighted by Crippen LogP contribution is 2.45. The van der Waals surface area contributed by atoms with Crippen LogP contribution in [0.15, 0.2) is 30.3 Å². The Hall–Kier alpha value is -0.820. The van der Waals surface area contributed by atoms with Crippen LogP contribution in [-0.4, -0.2) is 5.11 Å². The van der Waals surface area contributed by atoms with Gasteiger partial charge in [-0.3, -0.25) is 0 Å². The van der Waals surface area contributed by atoms with E-state index in [9.17, 15) is 5.11 Å². The highest BCUT2D eigenvalue weighted by atomic mass is 16.3. The third-order valence-corrected chi connectivity index (χ3v) is 3.53. The van der Waals surface area contributed by atoms with Crippen molar-refractivity contribution in [3.8, 4) is 0 Å². The van der Waals surface area contributed by atoms with Crippen LogP contribution in [0.5, 0.6) is 0 Å². The predicted molar refractivity (Wildman–Crippen MR) is 62.6 cm³/mol. The molecule has 1 N–H and O–H groups in total. The second kappa shape index (κ2) is 3.64. The van der Waals surface area contributed by atoms with Crippen LogP contribution >= 0.6 is 0 Å². The van der Waals surface area contributed by atoms with E-state index in [-0.39, 0.29) is 5.41 Å². The van der Waals surface area contributed by atoms with Crippen LogP contribution < -0.4 is 0 Å². The average molecular weight is 204 g/mol. The lowest BCUT2D eigenvalue weighted by molar-refractivity contribution is -0.0440. The molecule has 1 aromatic rings. The van der Waals surface area contributed by atoms with Crippen LogP contribution in [0.4, 0.5) is 0 Å². The summed E-state index contributed by atoms with van der Waals surface area (Å²) >= 11 is 0. The molecule has 0 aromatic heterocycles. The van der Waals surface area contributed by atoms with E-state index in [2.05, 4.69) is 13.8 Å². The van der Waals surface area contributed by atoms with Gasteiger partial charge in [-0.2, -0.15) is 0 Å². The van der Waals surface area contributed by atoms with Crippen LogP contribution in [-0.2, 0) is 5.60 Å². The van der Waals surface area contributed by atoms with Crippen molar-refractivity contribution in [3.63, 3.8) is 0 Å². The Morgan fingerprint density at radius 1 is 1.07 bits per heavy atom. The molecule has 1 aliphatic rings. The molecule has 1 nitrogen and oxygen atoms in total. The van der Waals surface area contributed by atoms with Gasteiger partial charge in [-0.15, -0.1) is 0 Å². The molecule has 1 saturated carbocycles. The van der Waals surface area contributed by atoms with Gasteiger partial charge < -0.3 is 5.11 Å². The molecule has 1 unspecified atom stereocenters. The predicted octanol–water partition coefficient (Wildman–Crippen LogP) is 3.47. The molecule has 1 aromatic carbocycles. The molecule has 1 atom stereocenters. The lowest BCUT2D eigenvalue weighted by atomic mass is 9.67. The van der Waals surface area contributed by atoms with Crippen LogP contribution in [0.3, 0.4) is 0 Å². The van der Waals surface area contributed by atoms with Crippen molar-refractivity contribution in [3.05, 3.63) is 35.9 Å². The Labute approximate surface area is 92.1 Å². The van der Waals surface area contributed by atoms with Crippen molar-refractivity contribution in [2.75, 3.05) is 0 Å². The second-order valence-corrected chi connectivity index (χ2v) is 5.59. The van der Waals surface area contributed by atoms with Crippen molar-refractivity contribution < 1.29 is 5.11 Å². The zero-order valence-electron chi connectivity index (χ0n) is 9.66. The van der Waals surface area contributed by atoms with Gasteiger partial charge in [0.2, 0.25) is 0 Å². The van der Waals surface area contributed by atoms with Crippen molar-refractivity contribution in [2.24, 2.45) is 5.41 Å². The Bertz CT molecular complexity index is 328. The summed E-state index contributed by atoms with van der Waals surface area (Å²) in [5.74, 6) is 0. The first-order valence-electron chi connectivity index (χ1n) is 5.80. The fourth-order valence-corrected chi connectivity index (χ4v) is 2.82. The van der Waals surface area contributed by atoms with Crippen molar-refractivity contribution >= 4 is 0 Å². The molecular weight excluding hydrogens is 184 g/mol. The van der Waals surface area contributed by atoms with Crippen molar-refractivity contribution in [2.45, 2.75) is 45.1 Å². The van der Waals surface area contributed by atoms with Crippen LogP contribution in [0.2, 0.25) is 0 Å². The quantitative estimate of drug-likeness (QED) is 0.742. The molecule has 0 bridgehead atoms. The summed E-state index contributed by atoms with van der Waals surface area (Å²) in [5.41, 5.74) is 0.754. The van der Waals surface area contributed by atoms with E-state index in [1.54, 1.807) is 0 Å². The van der Waals surface area contributed by atoms with Gasteiger partial charge in [0, 0.05) is 0 Å². The third-order valence-electron chi connectivity index (χ3n) is 3.53. The maximum atomic E-state index is 10.7. The molecular formula is C14H20O. The molecule has 2 rings (SSSR count). The summed E-state index contributed by atoms with van der Waals surface area (Å²) in [6.07, 6.45) is 4.13. The first-order valence-corrected chi connectivity index (χ1v) is 5.80. The Morgan fingerprint density at radius 3 is 2.33 bits per heavy atom. The summed E-state index contributed by atoms with van der Waals surface area (Å²) in [5, 5.41) is 10.7. The maximum Gasteiger partial charge on any atom is 0.0901 e. The van der Waals surface area contributed by atoms with Crippen molar-refractivity contribution in [1.29, 1.82) is 0 Å². The number of hydrogen-bond acceptors (Lipinski definition) is 1. The van der Waals surface area contributed by atoms with Gasteiger partial charge in [-0.1, -0.05) is 44.2 Å². The highest BCUT2D eigenvalue weighted by Gasteiger charge is 2.39. The molecule has 0 radical (unpaired) electrons. The van der Waals surface area contributed by atoms with Gasteiger partial charge in [-0.05, 0) is 36.7 Å². The molecule has 1 aliphatic carbocycles. The summed E-state index contributed by atoms with van der Waals surface area (Å²) in [4.78, 5) is 0. The molecule has 1 fully saturated rings. The van der Waals surface area contributed by atoms with Crippen LogP contribution in [0, 0.1) is 5.41 Å². The topological polar surface area (TPSA) is 20.2 Å². The molecule has 82 valence electrons. The van der Waals surface area contributed by atoms with Gasteiger partial charge in [0.1, 0.15) is 0 Å². The van der Waals surface area contributed by atoms with Gasteiger partial charge in [0.05, 0.1) is 5.60 Å². The number of aliphatic hydroxyl groups is 1. The van der Waals surface area contributed by atoms with E-state index in [1.807, 2.05) is 30.3 Å². The second-order valence-electron chi connectivity index (χ2n) is 5.59.